The van der Waals surface area contributed by atoms with Crippen molar-refractivity contribution in [1.82, 2.24) is 4.31 Å². The molecule has 0 aromatic rings. The molecule has 0 aromatic heterocycles. The number of rotatable bonds is 14. The van der Waals surface area contributed by atoms with Gasteiger partial charge in [-0.1, -0.05) is 50.5 Å². The average molecular weight is 362 g/mol. The number of aliphatic hydroxyl groups excluding tert-OH is 1. The first-order valence-electron chi connectivity index (χ1n) is 8.44. The number of carboxylic acids is 1. The van der Waals surface area contributed by atoms with Crippen molar-refractivity contribution in [2.45, 2.75) is 58.0 Å². The number of aliphatic carboxylic acids is 1. The van der Waals surface area contributed by atoms with E-state index in [1.54, 1.807) is 24.3 Å². The van der Waals surface area contributed by atoms with Gasteiger partial charge < -0.3 is 10.2 Å². The van der Waals surface area contributed by atoms with Gasteiger partial charge in [0.2, 0.25) is 10.0 Å². The Morgan fingerprint density at radius 2 is 1.79 bits per heavy atom. The predicted octanol–water partition coefficient (Wildman–Crippen LogP) is 2.56. The molecule has 6 nitrogen and oxygen atoms in total. The molecule has 0 radical (unpaired) electrons. The van der Waals surface area contributed by atoms with E-state index in [0.717, 1.165) is 25.5 Å². The Morgan fingerprint density at radius 1 is 1.12 bits per heavy atom. The molecule has 1 atom stereocenters. The van der Waals surface area contributed by atoms with Crippen LogP contribution in [0.25, 0.3) is 0 Å². The monoisotopic (exact) mass is 361 g/mol. The summed E-state index contributed by atoms with van der Waals surface area (Å²) >= 11 is 0. The molecule has 0 aromatic carbocycles. The lowest BCUT2D eigenvalue weighted by atomic mass is 10.1. The summed E-state index contributed by atoms with van der Waals surface area (Å²) in [5.41, 5.74) is 0. The Hall–Kier alpha value is -1.18. The van der Waals surface area contributed by atoms with E-state index in [1.807, 2.05) is 0 Å². The molecule has 7 heteroatoms. The maximum Gasteiger partial charge on any atom is 0.303 e. The fourth-order valence-corrected chi connectivity index (χ4v) is 2.78. The molecular weight excluding hydrogens is 330 g/mol. The summed E-state index contributed by atoms with van der Waals surface area (Å²) in [6, 6.07) is 0. The molecule has 0 saturated heterocycles. The zero-order valence-electron chi connectivity index (χ0n) is 14.7. The van der Waals surface area contributed by atoms with E-state index in [2.05, 4.69) is 6.92 Å². The maximum absolute atomic E-state index is 11.7. The van der Waals surface area contributed by atoms with Gasteiger partial charge in [0.1, 0.15) is 0 Å². The fraction of sp³-hybridized carbons (Fsp3) is 0.706. The summed E-state index contributed by atoms with van der Waals surface area (Å²) in [5, 5.41) is 18.3. The third-order valence-electron chi connectivity index (χ3n) is 3.48. The molecule has 0 rings (SSSR count). The van der Waals surface area contributed by atoms with Gasteiger partial charge in [-0.3, -0.25) is 4.79 Å². The molecule has 0 aliphatic carbocycles. The van der Waals surface area contributed by atoms with Crippen molar-refractivity contribution < 1.29 is 23.4 Å². The van der Waals surface area contributed by atoms with E-state index in [4.69, 9.17) is 5.11 Å². The van der Waals surface area contributed by atoms with Crippen LogP contribution in [0.1, 0.15) is 51.9 Å². The Morgan fingerprint density at radius 3 is 2.38 bits per heavy atom. The lowest BCUT2D eigenvalue weighted by molar-refractivity contribution is -0.137. The number of carbonyl (C=O) groups is 1. The van der Waals surface area contributed by atoms with Crippen molar-refractivity contribution >= 4 is 16.0 Å². The number of hydrogen-bond acceptors (Lipinski definition) is 4. The normalized spacial score (nSPS) is 14.0. The van der Waals surface area contributed by atoms with Crippen LogP contribution in [0.4, 0.5) is 0 Å². The molecule has 0 aliphatic heterocycles. The Bertz CT molecular complexity index is 499. The summed E-state index contributed by atoms with van der Waals surface area (Å²) in [7, 11) is -3.33. The van der Waals surface area contributed by atoms with Gasteiger partial charge in [-0.15, -0.1) is 0 Å². The van der Waals surface area contributed by atoms with E-state index in [-0.39, 0.29) is 19.5 Å². The number of allylic oxidation sites excluding steroid dienone is 1. The number of aliphatic hydroxyl groups is 1. The quantitative estimate of drug-likeness (QED) is 0.366. The lowest BCUT2D eigenvalue weighted by Gasteiger charge is -2.16. The van der Waals surface area contributed by atoms with Crippen LogP contribution < -0.4 is 0 Å². The minimum atomic E-state index is -3.33. The molecule has 140 valence electrons. The molecule has 0 amide bonds. The molecular formula is C17H31NO5S. The molecule has 0 heterocycles. The van der Waals surface area contributed by atoms with Crippen molar-refractivity contribution in [2.24, 2.45) is 0 Å². The molecule has 0 spiro atoms. The lowest BCUT2D eigenvalue weighted by Crippen LogP contribution is -2.30. The van der Waals surface area contributed by atoms with Gasteiger partial charge in [0.15, 0.2) is 0 Å². The van der Waals surface area contributed by atoms with E-state index < -0.39 is 22.1 Å². The van der Waals surface area contributed by atoms with Crippen LogP contribution in [-0.4, -0.2) is 54.4 Å². The zero-order valence-corrected chi connectivity index (χ0v) is 15.5. The molecule has 0 saturated carbocycles. The predicted molar refractivity (Wildman–Crippen MR) is 96.3 cm³/mol. The molecule has 0 fully saturated rings. The highest BCUT2D eigenvalue weighted by molar-refractivity contribution is 7.88. The van der Waals surface area contributed by atoms with Crippen LogP contribution >= 0.6 is 0 Å². The Kier molecular flexibility index (Phi) is 12.5. The minimum absolute atomic E-state index is 0.110. The highest BCUT2D eigenvalue weighted by Crippen LogP contribution is 2.05. The van der Waals surface area contributed by atoms with Crippen LogP contribution in [0.2, 0.25) is 0 Å². The summed E-state index contributed by atoms with van der Waals surface area (Å²) in [5.74, 6) is -0.830. The van der Waals surface area contributed by atoms with Gasteiger partial charge in [0.25, 0.3) is 0 Å². The third-order valence-corrected chi connectivity index (χ3v) is 4.71. The maximum atomic E-state index is 11.7. The summed E-state index contributed by atoms with van der Waals surface area (Å²) in [6.07, 6.45) is 12.5. The van der Waals surface area contributed by atoms with Crippen molar-refractivity contribution in [3.05, 3.63) is 24.3 Å². The summed E-state index contributed by atoms with van der Waals surface area (Å²) in [4.78, 5) is 10.4. The van der Waals surface area contributed by atoms with Crippen molar-refractivity contribution in [2.75, 3.05) is 19.3 Å². The van der Waals surface area contributed by atoms with Crippen LogP contribution in [0.3, 0.4) is 0 Å². The molecule has 0 bridgehead atoms. The van der Waals surface area contributed by atoms with Crippen LogP contribution in [-0.2, 0) is 14.8 Å². The van der Waals surface area contributed by atoms with Crippen LogP contribution in [0.5, 0.6) is 0 Å². The number of carboxylic acid groups (broad SMARTS) is 1. The van der Waals surface area contributed by atoms with Crippen molar-refractivity contribution in [3.63, 3.8) is 0 Å². The van der Waals surface area contributed by atoms with Gasteiger partial charge >= 0.3 is 5.97 Å². The van der Waals surface area contributed by atoms with E-state index >= 15 is 0 Å². The standard InChI is InChI=1S/C17H31NO5S/c1-3-4-7-11-16(19)12-10-15-18(24(2,22)23)14-9-6-5-8-13-17(20)21/h6,9-10,12,16,19H,3-5,7-8,11,13-15H2,1-2H3,(H,20,21)/b9-6+,12-10-/t16-/m0/s1. The van der Waals surface area contributed by atoms with Crippen LogP contribution in [0.15, 0.2) is 24.3 Å². The second-order valence-electron chi connectivity index (χ2n) is 5.83. The van der Waals surface area contributed by atoms with Gasteiger partial charge in [0, 0.05) is 19.5 Å². The average Bonchev–Trinajstić information content (AvgIpc) is 2.47. The van der Waals surface area contributed by atoms with E-state index in [1.165, 1.54) is 4.31 Å². The molecule has 2 N–H and O–H groups in total. The zero-order chi connectivity index (χ0) is 18.4. The number of hydrogen-bond donors (Lipinski definition) is 2. The highest BCUT2D eigenvalue weighted by Gasteiger charge is 2.13. The molecule has 0 unspecified atom stereocenters. The second kappa shape index (κ2) is 13.1. The fourth-order valence-electron chi connectivity index (χ4n) is 2.06. The first-order valence-corrected chi connectivity index (χ1v) is 10.3. The Labute approximate surface area is 145 Å². The van der Waals surface area contributed by atoms with Crippen molar-refractivity contribution in [3.8, 4) is 0 Å². The van der Waals surface area contributed by atoms with Crippen LogP contribution in [0, 0.1) is 0 Å². The number of unbranched alkanes of at least 4 members (excludes halogenated alkanes) is 3. The highest BCUT2D eigenvalue weighted by atomic mass is 32.2. The molecule has 24 heavy (non-hydrogen) atoms. The minimum Gasteiger partial charge on any atom is -0.481 e. The van der Waals surface area contributed by atoms with Crippen molar-refractivity contribution in [1.29, 1.82) is 0 Å². The van der Waals surface area contributed by atoms with Gasteiger partial charge in [-0.25, -0.2) is 8.42 Å². The van der Waals surface area contributed by atoms with Gasteiger partial charge in [0.05, 0.1) is 12.4 Å². The molecule has 0 aliphatic rings. The van der Waals surface area contributed by atoms with Gasteiger partial charge in [-0.2, -0.15) is 4.31 Å². The number of nitrogens with zero attached hydrogens (tertiary/aromatic N) is 1. The topological polar surface area (TPSA) is 94.9 Å². The van der Waals surface area contributed by atoms with Gasteiger partial charge in [-0.05, 0) is 19.3 Å². The second-order valence-corrected chi connectivity index (χ2v) is 7.81. The smallest absolute Gasteiger partial charge is 0.303 e. The largest absolute Gasteiger partial charge is 0.481 e. The summed E-state index contributed by atoms with van der Waals surface area (Å²) < 4.78 is 24.8. The first-order chi connectivity index (χ1) is 11.3. The SMILES string of the molecule is CCCCC[C@H](O)/C=C\CN(C/C=C/CCCC(=O)O)S(C)(=O)=O. The Balaban J connectivity index is 4.28. The first kappa shape index (κ1) is 22.8. The third kappa shape index (κ3) is 13.3. The van der Waals surface area contributed by atoms with E-state index in [0.29, 0.717) is 19.3 Å². The summed E-state index contributed by atoms with van der Waals surface area (Å²) in [6.45, 7) is 2.55. The number of sulfonamides is 1. The van der Waals surface area contributed by atoms with E-state index in [9.17, 15) is 18.3 Å².